The lowest BCUT2D eigenvalue weighted by atomic mass is 9.81. The number of nitrogens with one attached hydrogen (secondary N) is 1. The third-order valence-electron chi connectivity index (χ3n) is 4.98. The van der Waals surface area contributed by atoms with Crippen LogP contribution in [0.15, 0.2) is 59.9 Å². The zero-order valence-electron chi connectivity index (χ0n) is 14.4. The normalized spacial score (nSPS) is 26.0. The highest BCUT2D eigenvalue weighted by atomic mass is 14.8. The summed E-state index contributed by atoms with van der Waals surface area (Å²) < 4.78 is 0. The molecule has 0 saturated carbocycles. The van der Waals surface area contributed by atoms with Crippen LogP contribution in [-0.2, 0) is 0 Å². The Kier molecular flexibility index (Phi) is 6.76. The van der Waals surface area contributed by atoms with Crippen LogP contribution in [0.1, 0.15) is 46.5 Å². The van der Waals surface area contributed by atoms with Gasteiger partial charge in [-0.05, 0) is 61.8 Å². The molecule has 0 fully saturated rings. The van der Waals surface area contributed by atoms with Crippen LogP contribution in [-0.4, -0.2) is 6.54 Å². The standard InChI is InChI=1S/C21H31N/c1-4-17(3)19-12-10-18(11-13-19)16-21-9-7-6-8-20(21)14-15-22-5-2/h6-8,10-12,14-15,17,19,21-22H,4-5,9,13,16H2,1-3H3/b15-14-. The van der Waals surface area contributed by atoms with E-state index in [1.54, 1.807) is 0 Å². The van der Waals surface area contributed by atoms with Gasteiger partial charge in [-0.15, -0.1) is 0 Å². The largest absolute Gasteiger partial charge is 0.391 e. The molecule has 120 valence electrons. The second kappa shape index (κ2) is 8.82. The molecule has 1 nitrogen and oxygen atoms in total. The molecule has 1 heteroatoms. The summed E-state index contributed by atoms with van der Waals surface area (Å²) >= 11 is 0. The average molecular weight is 297 g/mol. The summed E-state index contributed by atoms with van der Waals surface area (Å²) in [6.45, 7) is 7.77. The van der Waals surface area contributed by atoms with Gasteiger partial charge in [0.05, 0.1) is 0 Å². The topological polar surface area (TPSA) is 12.0 Å². The molecule has 0 aromatic carbocycles. The Morgan fingerprint density at radius 2 is 2.18 bits per heavy atom. The summed E-state index contributed by atoms with van der Waals surface area (Å²) in [6.07, 6.45) is 23.2. The maximum Gasteiger partial charge on any atom is 0.0113 e. The lowest BCUT2D eigenvalue weighted by Crippen LogP contribution is -2.12. The highest BCUT2D eigenvalue weighted by molar-refractivity contribution is 5.34. The van der Waals surface area contributed by atoms with Crippen molar-refractivity contribution in [2.24, 2.45) is 17.8 Å². The van der Waals surface area contributed by atoms with E-state index in [1.807, 2.05) is 0 Å². The smallest absolute Gasteiger partial charge is 0.0113 e. The maximum atomic E-state index is 3.27. The van der Waals surface area contributed by atoms with Crippen LogP contribution in [0.2, 0.25) is 0 Å². The van der Waals surface area contributed by atoms with Crippen molar-refractivity contribution in [3.05, 3.63) is 59.9 Å². The third-order valence-corrected chi connectivity index (χ3v) is 4.98. The van der Waals surface area contributed by atoms with Gasteiger partial charge in [0.15, 0.2) is 0 Å². The van der Waals surface area contributed by atoms with E-state index >= 15 is 0 Å². The molecule has 22 heavy (non-hydrogen) atoms. The van der Waals surface area contributed by atoms with Crippen molar-refractivity contribution in [2.45, 2.75) is 46.5 Å². The first kappa shape index (κ1) is 16.9. The molecule has 0 bridgehead atoms. The third kappa shape index (κ3) is 4.76. The summed E-state index contributed by atoms with van der Waals surface area (Å²) in [5.74, 6) is 2.16. The van der Waals surface area contributed by atoms with Crippen molar-refractivity contribution >= 4 is 0 Å². The quantitative estimate of drug-likeness (QED) is 0.649. The van der Waals surface area contributed by atoms with E-state index in [1.165, 1.54) is 24.0 Å². The molecule has 0 aromatic heterocycles. The second-order valence-electron chi connectivity index (χ2n) is 6.55. The Balaban J connectivity index is 1.93. The van der Waals surface area contributed by atoms with E-state index in [4.69, 9.17) is 0 Å². The van der Waals surface area contributed by atoms with Gasteiger partial charge in [-0.2, -0.15) is 0 Å². The van der Waals surface area contributed by atoms with E-state index in [9.17, 15) is 0 Å². The molecule has 0 radical (unpaired) electrons. The van der Waals surface area contributed by atoms with E-state index in [0.717, 1.165) is 31.2 Å². The number of hydrogen-bond acceptors (Lipinski definition) is 1. The molecule has 3 unspecified atom stereocenters. The van der Waals surface area contributed by atoms with Crippen molar-refractivity contribution < 1.29 is 0 Å². The van der Waals surface area contributed by atoms with Gasteiger partial charge < -0.3 is 5.32 Å². The van der Waals surface area contributed by atoms with E-state index in [-0.39, 0.29) is 0 Å². The zero-order chi connectivity index (χ0) is 15.8. The molecule has 2 aliphatic carbocycles. The highest BCUT2D eigenvalue weighted by Gasteiger charge is 2.18. The molecule has 0 spiro atoms. The van der Waals surface area contributed by atoms with Crippen LogP contribution in [0.4, 0.5) is 0 Å². The van der Waals surface area contributed by atoms with Crippen molar-refractivity contribution in [3.8, 4) is 0 Å². The minimum Gasteiger partial charge on any atom is -0.391 e. The molecular formula is C21H31N. The first-order valence-electron chi connectivity index (χ1n) is 8.88. The lowest BCUT2D eigenvalue weighted by Gasteiger charge is -2.24. The summed E-state index contributed by atoms with van der Waals surface area (Å²) in [6, 6.07) is 0. The second-order valence-corrected chi connectivity index (χ2v) is 6.55. The van der Waals surface area contributed by atoms with Crippen molar-refractivity contribution in [3.63, 3.8) is 0 Å². The monoisotopic (exact) mass is 297 g/mol. The summed E-state index contributed by atoms with van der Waals surface area (Å²) in [5, 5.41) is 3.27. The maximum absolute atomic E-state index is 3.27. The molecule has 0 amide bonds. The fourth-order valence-electron chi connectivity index (χ4n) is 3.20. The Morgan fingerprint density at radius 3 is 2.86 bits per heavy atom. The predicted octanol–water partition coefficient (Wildman–Crippen LogP) is 5.55. The fourth-order valence-corrected chi connectivity index (χ4v) is 3.20. The molecule has 3 atom stereocenters. The fraction of sp³-hybridized carbons (Fsp3) is 0.524. The van der Waals surface area contributed by atoms with Gasteiger partial charge in [-0.3, -0.25) is 0 Å². The van der Waals surface area contributed by atoms with Crippen LogP contribution >= 0.6 is 0 Å². The molecule has 1 N–H and O–H groups in total. The average Bonchev–Trinajstić information content (AvgIpc) is 2.56. The van der Waals surface area contributed by atoms with Gasteiger partial charge in [0.2, 0.25) is 0 Å². The van der Waals surface area contributed by atoms with Crippen LogP contribution < -0.4 is 5.32 Å². The molecular weight excluding hydrogens is 266 g/mol. The minimum absolute atomic E-state index is 0.621. The van der Waals surface area contributed by atoms with Gasteiger partial charge in [0.25, 0.3) is 0 Å². The van der Waals surface area contributed by atoms with Crippen molar-refractivity contribution in [1.29, 1.82) is 0 Å². The molecule has 2 rings (SSSR count). The molecule has 2 aliphatic rings. The number of allylic oxidation sites excluding steroid dienone is 9. The number of rotatable bonds is 7. The van der Waals surface area contributed by atoms with Crippen molar-refractivity contribution in [2.75, 3.05) is 6.54 Å². The van der Waals surface area contributed by atoms with E-state index in [0.29, 0.717) is 5.92 Å². The number of hydrogen-bond donors (Lipinski definition) is 1. The zero-order valence-corrected chi connectivity index (χ0v) is 14.4. The van der Waals surface area contributed by atoms with Crippen LogP contribution in [0, 0.1) is 17.8 Å². The van der Waals surface area contributed by atoms with Gasteiger partial charge in [0.1, 0.15) is 0 Å². The molecule has 0 aromatic rings. The van der Waals surface area contributed by atoms with Gasteiger partial charge in [0, 0.05) is 6.54 Å². The van der Waals surface area contributed by atoms with Gasteiger partial charge in [-0.25, -0.2) is 0 Å². The van der Waals surface area contributed by atoms with E-state index < -0.39 is 0 Å². The molecule has 0 saturated heterocycles. The Hall–Kier alpha value is -1.50. The Labute approximate surface area is 136 Å². The van der Waals surface area contributed by atoms with Crippen LogP contribution in [0.3, 0.4) is 0 Å². The highest BCUT2D eigenvalue weighted by Crippen LogP contribution is 2.32. The Bertz CT molecular complexity index is 490. The molecule has 0 aliphatic heterocycles. The first-order valence-corrected chi connectivity index (χ1v) is 8.88. The molecule has 0 heterocycles. The van der Waals surface area contributed by atoms with Gasteiger partial charge >= 0.3 is 0 Å². The lowest BCUT2D eigenvalue weighted by molar-refractivity contribution is 0.415. The van der Waals surface area contributed by atoms with E-state index in [2.05, 4.69) is 74.8 Å². The SMILES string of the molecule is CCN/C=C\C1=CC=CCC1CC1=CCC(C(C)CC)C=C1. The van der Waals surface area contributed by atoms with Crippen LogP contribution in [0.5, 0.6) is 0 Å². The first-order chi connectivity index (χ1) is 10.7. The Morgan fingerprint density at radius 1 is 1.32 bits per heavy atom. The minimum atomic E-state index is 0.621. The summed E-state index contributed by atoms with van der Waals surface area (Å²) in [4.78, 5) is 0. The predicted molar refractivity (Wildman–Crippen MR) is 97.5 cm³/mol. The summed E-state index contributed by atoms with van der Waals surface area (Å²) in [5.41, 5.74) is 2.96. The van der Waals surface area contributed by atoms with Gasteiger partial charge in [-0.1, -0.05) is 62.3 Å². The van der Waals surface area contributed by atoms with Crippen molar-refractivity contribution in [1.82, 2.24) is 5.32 Å². The van der Waals surface area contributed by atoms with Crippen LogP contribution in [0.25, 0.3) is 0 Å². The summed E-state index contributed by atoms with van der Waals surface area (Å²) in [7, 11) is 0.